The van der Waals surface area contributed by atoms with Gasteiger partial charge in [-0.1, -0.05) is 11.6 Å². The Labute approximate surface area is 331 Å². The summed E-state index contributed by atoms with van der Waals surface area (Å²) in [4.78, 5) is 72.8. The summed E-state index contributed by atoms with van der Waals surface area (Å²) in [6, 6.07) is 12.7. The first kappa shape index (κ1) is 36.4. The predicted octanol–water partition coefficient (Wildman–Crippen LogP) is 3.55. The van der Waals surface area contributed by atoms with Crippen LogP contribution in [0.1, 0.15) is 65.3 Å². The highest BCUT2D eigenvalue weighted by Gasteiger charge is 2.46. The van der Waals surface area contributed by atoms with Gasteiger partial charge in [-0.2, -0.15) is 5.26 Å². The highest BCUT2D eigenvalue weighted by molar-refractivity contribution is 6.32. The van der Waals surface area contributed by atoms with E-state index in [0.29, 0.717) is 33.7 Å². The van der Waals surface area contributed by atoms with Crippen molar-refractivity contribution in [2.45, 2.75) is 51.1 Å². The number of hydrogen-bond donors (Lipinski definition) is 1. The van der Waals surface area contributed by atoms with E-state index in [1.165, 1.54) is 0 Å². The van der Waals surface area contributed by atoms with Crippen molar-refractivity contribution in [3.8, 4) is 6.07 Å². The molecule has 290 valence electrons. The quantitative estimate of drug-likeness (QED) is 0.350. The second-order valence-corrected chi connectivity index (χ2v) is 16.8. The molecule has 0 saturated carbocycles. The topological polar surface area (TPSA) is 149 Å². The summed E-state index contributed by atoms with van der Waals surface area (Å²) in [5, 5.41) is 12.0. The molecule has 5 saturated heterocycles. The number of piperidine rings is 2. The number of halogens is 1. The molecule has 4 amide bonds. The second-order valence-electron chi connectivity index (χ2n) is 16.4. The third kappa shape index (κ3) is 6.60. The molecule has 1 N–H and O–H groups in total. The van der Waals surface area contributed by atoms with Crippen molar-refractivity contribution < 1.29 is 19.2 Å². The fourth-order valence-corrected chi connectivity index (χ4v) is 9.94. The van der Waals surface area contributed by atoms with Gasteiger partial charge < -0.3 is 19.6 Å². The number of aromatic nitrogens is 2. The first-order valence-electron chi connectivity index (χ1n) is 19.7. The van der Waals surface area contributed by atoms with Crippen molar-refractivity contribution >= 4 is 58.2 Å². The number of fused-ring (bicyclic) bond motifs is 1. The lowest BCUT2D eigenvalue weighted by atomic mass is 9.76. The summed E-state index contributed by atoms with van der Waals surface area (Å²) in [7, 11) is 0. The van der Waals surface area contributed by atoms with Crippen molar-refractivity contribution in [3.63, 3.8) is 0 Å². The van der Waals surface area contributed by atoms with Gasteiger partial charge in [0, 0.05) is 95.2 Å². The van der Waals surface area contributed by atoms with E-state index in [-0.39, 0.29) is 24.2 Å². The van der Waals surface area contributed by atoms with Gasteiger partial charge in [0.15, 0.2) is 0 Å². The second kappa shape index (κ2) is 14.4. The fraction of sp³-hybridized carbons (Fsp3) is 0.488. The van der Waals surface area contributed by atoms with Gasteiger partial charge in [0.2, 0.25) is 17.8 Å². The lowest BCUT2D eigenvalue weighted by Crippen LogP contribution is -2.55. The number of nitrogens with one attached hydrogen (secondary N) is 1. The van der Waals surface area contributed by atoms with E-state index in [0.717, 1.165) is 113 Å². The average molecular weight is 777 g/mol. The van der Waals surface area contributed by atoms with Gasteiger partial charge in [-0.05, 0) is 74.4 Å². The van der Waals surface area contributed by atoms with E-state index in [2.05, 4.69) is 42.8 Å². The minimum absolute atomic E-state index is 0.0986. The van der Waals surface area contributed by atoms with Crippen molar-refractivity contribution in [1.29, 1.82) is 5.26 Å². The molecule has 6 aliphatic heterocycles. The summed E-state index contributed by atoms with van der Waals surface area (Å²) in [6.07, 6.45) is 7.57. The highest BCUT2D eigenvalue weighted by atomic mass is 35.5. The molecule has 5 fully saturated rings. The average Bonchev–Trinajstić information content (AvgIpc) is 3.64. The smallest absolute Gasteiger partial charge is 0.262 e. The maximum absolute atomic E-state index is 13.3. The van der Waals surface area contributed by atoms with Gasteiger partial charge in [0.1, 0.15) is 12.1 Å². The molecule has 1 unspecified atom stereocenters. The zero-order valence-corrected chi connectivity index (χ0v) is 32.2. The van der Waals surface area contributed by atoms with E-state index in [9.17, 15) is 24.4 Å². The number of amides is 4. The molecule has 56 heavy (non-hydrogen) atoms. The Morgan fingerprint density at radius 3 is 2.27 bits per heavy atom. The summed E-state index contributed by atoms with van der Waals surface area (Å²) in [5.41, 5.74) is 4.46. The minimum Gasteiger partial charge on any atom is -0.371 e. The van der Waals surface area contributed by atoms with Crippen molar-refractivity contribution in [3.05, 3.63) is 70.5 Å². The molecule has 9 rings (SSSR count). The Hall–Kier alpha value is -5.26. The number of carbonyl (C=O) groups excluding carboxylic acids is 4. The molecule has 2 aromatic carbocycles. The first-order chi connectivity index (χ1) is 27.1. The maximum atomic E-state index is 13.3. The van der Waals surface area contributed by atoms with Crippen LogP contribution >= 0.6 is 11.6 Å². The third-order valence-corrected chi connectivity index (χ3v) is 13.2. The number of benzene rings is 2. The van der Waals surface area contributed by atoms with Crippen LogP contribution in [-0.2, 0) is 9.59 Å². The largest absolute Gasteiger partial charge is 0.371 e. The SMILES string of the molecule is C[C@H]1CC2(CCN(c3cnc(N4CCN(CC5CN(c6ccc7c(c6)C(=O)N(C6CCC(=O)NC6=O)C7=O)C5)CC4)nc3)CC2)CN1c1ccc(C#N)c(Cl)c1. The van der Waals surface area contributed by atoms with Gasteiger partial charge in [0.05, 0.1) is 39.8 Å². The Morgan fingerprint density at radius 2 is 1.57 bits per heavy atom. The number of nitriles is 1. The van der Waals surface area contributed by atoms with Crippen LogP contribution in [0.2, 0.25) is 5.02 Å². The molecular weight excluding hydrogens is 732 g/mol. The van der Waals surface area contributed by atoms with E-state index in [1.807, 2.05) is 36.7 Å². The van der Waals surface area contributed by atoms with Gasteiger partial charge in [-0.25, -0.2) is 9.97 Å². The highest BCUT2D eigenvalue weighted by Crippen LogP contribution is 2.46. The first-order valence-corrected chi connectivity index (χ1v) is 20.1. The molecule has 1 aromatic heterocycles. The lowest BCUT2D eigenvalue weighted by Gasteiger charge is -2.45. The molecule has 1 spiro atoms. The van der Waals surface area contributed by atoms with Crippen LogP contribution in [0.3, 0.4) is 0 Å². The molecule has 14 nitrogen and oxygen atoms in total. The monoisotopic (exact) mass is 776 g/mol. The van der Waals surface area contributed by atoms with E-state index in [4.69, 9.17) is 21.6 Å². The van der Waals surface area contributed by atoms with Crippen LogP contribution in [0.4, 0.5) is 23.0 Å². The van der Waals surface area contributed by atoms with Crippen LogP contribution in [-0.4, -0.2) is 121 Å². The molecule has 15 heteroatoms. The van der Waals surface area contributed by atoms with Crippen molar-refractivity contribution in [1.82, 2.24) is 25.1 Å². The van der Waals surface area contributed by atoms with Crippen LogP contribution in [0.25, 0.3) is 0 Å². The predicted molar refractivity (Wildman–Crippen MR) is 211 cm³/mol. The van der Waals surface area contributed by atoms with Gasteiger partial charge in [0.25, 0.3) is 11.8 Å². The van der Waals surface area contributed by atoms with E-state index < -0.39 is 23.8 Å². The fourth-order valence-electron chi connectivity index (χ4n) is 9.73. The Balaban J connectivity index is 0.725. The molecule has 0 bridgehead atoms. The number of piperazine rings is 1. The summed E-state index contributed by atoms with van der Waals surface area (Å²) < 4.78 is 0. The van der Waals surface area contributed by atoms with E-state index >= 15 is 0 Å². The summed E-state index contributed by atoms with van der Waals surface area (Å²) in [6.45, 7) is 11.6. The van der Waals surface area contributed by atoms with Crippen molar-refractivity contribution in [2.75, 3.05) is 85.0 Å². The molecule has 0 aliphatic carbocycles. The lowest BCUT2D eigenvalue weighted by molar-refractivity contribution is -0.136. The van der Waals surface area contributed by atoms with Crippen LogP contribution in [0, 0.1) is 22.7 Å². The molecule has 3 aromatic rings. The third-order valence-electron chi connectivity index (χ3n) is 12.9. The van der Waals surface area contributed by atoms with Gasteiger partial charge >= 0.3 is 0 Å². The molecule has 6 aliphatic rings. The normalized spacial score (nSPS) is 24.1. The van der Waals surface area contributed by atoms with Crippen LogP contribution in [0.15, 0.2) is 48.8 Å². The number of imide groups is 2. The number of nitrogens with zero attached hydrogens (tertiary/aromatic N) is 9. The molecular formula is C41H45ClN10O4. The standard InChI is InChI=1S/C41H45ClN10O4/c1-26-18-41(25-51(26)30-3-2-28(19-43)34(42)17-30)8-10-48(11-9-41)31-20-44-40(45-21-31)49-14-12-47(13-15-49)22-27-23-50(24-27)29-4-5-32-33(16-29)39(56)52(38(32)55)35-6-7-36(53)46-37(35)54/h2-5,16-17,20-21,26-27,35H,6-15,18,22-25H2,1H3,(H,46,53,54)/t26-,35?/m0/s1. The van der Waals surface area contributed by atoms with Crippen LogP contribution < -0.4 is 24.9 Å². The number of carbonyl (C=O) groups is 4. The maximum Gasteiger partial charge on any atom is 0.262 e. The Kier molecular flexibility index (Phi) is 9.32. The number of hydrogen-bond acceptors (Lipinski definition) is 12. The Morgan fingerprint density at radius 1 is 0.857 bits per heavy atom. The Bertz CT molecular complexity index is 2120. The van der Waals surface area contributed by atoms with Crippen molar-refractivity contribution in [2.24, 2.45) is 11.3 Å². The van der Waals surface area contributed by atoms with Crippen LogP contribution in [0.5, 0.6) is 0 Å². The van der Waals surface area contributed by atoms with Gasteiger partial charge in [-0.15, -0.1) is 0 Å². The molecule has 2 atom stereocenters. The number of rotatable bonds is 7. The zero-order chi connectivity index (χ0) is 38.7. The number of anilines is 4. The summed E-state index contributed by atoms with van der Waals surface area (Å²) in [5.74, 6) is -0.674. The zero-order valence-electron chi connectivity index (χ0n) is 31.5. The minimum atomic E-state index is -0.963. The summed E-state index contributed by atoms with van der Waals surface area (Å²) >= 11 is 6.37. The molecule has 0 radical (unpaired) electrons. The van der Waals surface area contributed by atoms with E-state index in [1.54, 1.807) is 12.1 Å². The molecule has 7 heterocycles. The van der Waals surface area contributed by atoms with Gasteiger partial charge in [-0.3, -0.25) is 34.3 Å².